The minimum Gasteiger partial charge on any atom is -0.484 e. The van der Waals surface area contributed by atoms with Gasteiger partial charge in [0.1, 0.15) is 6.61 Å². The van der Waals surface area contributed by atoms with Crippen LogP contribution >= 0.6 is 15.9 Å². The molecule has 4 nitrogen and oxygen atoms in total. The predicted molar refractivity (Wildman–Crippen MR) is 79.0 cm³/mol. The lowest BCUT2D eigenvalue weighted by Crippen LogP contribution is -2.07. The Bertz CT molecular complexity index is 613. The van der Waals surface area contributed by atoms with Gasteiger partial charge >= 0.3 is 0 Å². The Balaban J connectivity index is 2.17. The molecule has 0 bridgehead atoms. The van der Waals surface area contributed by atoms with Gasteiger partial charge in [0.05, 0.1) is 15.9 Å². The SMILES string of the molecule is CCn1nc(C)c(Br)c1COc1ccc(CN)cc1F. The molecule has 0 aliphatic carbocycles. The van der Waals surface area contributed by atoms with Crippen LogP contribution in [0, 0.1) is 12.7 Å². The zero-order valence-electron chi connectivity index (χ0n) is 11.5. The minimum absolute atomic E-state index is 0.218. The molecule has 0 aliphatic heterocycles. The van der Waals surface area contributed by atoms with Crippen LogP contribution in [0.2, 0.25) is 0 Å². The Morgan fingerprint density at radius 2 is 2.20 bits per heavy atom. The summed E-state index contributed by atoms with van der Waals surface area (Å²) in [6, 6.07) is 4.76. The molecule has 0 unspecified atom stereocenters. The first kappa shape index (κ1) is 15.0. The first-order chi connectivity index (χ1) is 9.56. The topological polar surface area (TPSA) is 53.1 Å². The van der Waals surface area contributed by atoms with Gasteiger partial charge in [0, 0.05) is 13.1 Å². The van der Waals surface area contributed by atoms with E-state index in [4.69, 9.17) is 10.5 Å². The standard InChI is InChI=1S/C14H17BrFN3O/c1-3-19-12(14(15)9(2)18-19)8-20-13-5-4-10(7-17)6-11(13)16/h4-6H,3,7-8,17H2,1-2H3. The second-order valence-electron chi connectivity index (χ2n) is 4.42. The van der Waals surface area contributed by atoms with Crippen LogP contribution < -0.4 is 10.5 Å². The minimum atomic E-state index is -0.400. The molecule has 1 aromatic heterocycles. The average molecular weight is 342 g/mol. The molecule has 0 radical (unpaired) electrons. The van der Waals surface area contributed by atoms with Gasteiger partial charge in [-0.3, -0.25) is 4.68 Å². The summed E-state index contributed by atoms with van der Waals surface area (Å²) in [6.45, 7) is 5.22. The van der Waals surface area contributed by atoms with Crippen molar-refractivity contribution in [2.75, 3.05) is 0 Å². The fraction of sp³-hybridized carbons (Fsp3) is 0.357. The van der Waals surface area contributed by atoms with E-state index in [-0.39, 0.29) is 12.4 Å². The van der Waals surface area contributed by atoms with E-state index in [0.717, 1.165) is 28.0 Å². The number of halogens is 2. The fourth-order valence-electron chi connectivity index (χ4n) is 1.94. The predicted octanol–water partition coefficient (Wildman–Crippen LogP) is 3.15. The van der Waals surface area contributed by atoms with Crippen LogP contribution in [-0.2, 0) is 19.7 Å². The molecule has 1 aromatic carbocycles. The molecule has 108 valence electrons. The highest BCUT2D eigenvalue weighted by Gasteiger charge is 2.13. The average Bonchev–Trinajstić information content (AvgIpc) is 2.73. The van der Waals surface area contributed by atoms with Gasteiger partial charge in [-0.25, -0.2) is 4.39 Å². The smallest absolute Gasteiger partial charge is 0.165 e. The Hall–Kier alpha value is -1.40. The summed E-state index contributed by atoms with van der Waals surface area (Å²) < 4.78 is 22.1. The monoisotopic (exact) mass is 341 g/mol. The molecule has 2 rings (SSSR count). The van der Waals surface area contributed by atoms with Crippen LogP contribution in [0.25, 0.3) is 0 Å². The van der Waals surface area contributed by atoms with Crippen LogP contribution in [0.5, 0.6) is 5.75 Å². The second kappa shape index (κ2) is 6.37. The second-order valence-corrected chi connectivity index (χ2v) is 5.21. The van der Waals surface area contributed by atoms with Crippen LogP contribution in [0.3, 0.4) is 0 Å². The molecule has 20 heavy (non-hydrogen) atoms. The van der Waals surface area contributed by atoms with Crippen molar-refractivity contribution in [2.24, 2.45) is 5.73 Å². The first-order valence-corrected chi connectivity index (χ1v) is 7.19. The molecule has 2 N–H and O–H groups in total. The van der Waals surface area contributed by atoms with Crippen molar-refractivity contribution >= 4 is 15.9 Å². The third kappa shape index (κ3) is 3.02. The van der Waals surface area contributed by atoms with E-state index in [1.165, 1.54) is 6.07 Å². The van der Waals surface area contributed by atoms with E-state index in [2.05, 4.69) is 21.0 Å². The maximum atomic E-state index is 13.8. The van der Waals surface area contributed by atoms with Crippen LogP contribution in [0.1, 0.15) is 23.9 Å². The number of aromatic nitrogens is 2. The van der Waals surface area contributed by atoms with E-state index in [1.807, 2.05) is 18.5 Å². The molecular weight excluding hydrogens is 325 g/mol. The number of rotatable bonds is 5. The van der Waals surface area contributed by atoms with E-state index >= 15 is 0 Å². The largest absolute Gasteiger partial charge is 0.484 e. The number of nitrogens with zero attached hydrogens (tertiary/aromatic N) is 2. The fourth-order valence-corrected chi connectivity index (χ4v) is 2.34. The van der Waals surface area contributed by atoms with Gasteiger partial charge in [0.15, 0.2) is 11.6 Å². The number of hydrogen-bond donors (Lipinski definition) is 1. The molecular formula is C14H17BrFN3O. The van der Waals surface area contributed by atoms with Gasteiger partial charge in [-0.05, 0) is 47.5 Å². The summed E-state index contributed by atoms with van der Waals surface area (Å²) in [5.74, 6) is -0.182. The Kier molecular flexibility index (Phi) is 4.77. The number of aryl methyl sites for hydroxylation is 2. The highest BCUT2D eigenvalue weighted by atomic mass is 79.9. The van der Waals surface area contributed by atoms with Crippen LogP contribution in [-0.4, -0.2) is 9.78 Å². The highest BCUT2D eigenvalue weighted by molar-refractivity contribution is 9.10. The van der Waals surface area contributed by atoms with Gasteiger partial charge in [-0.1, -0.05) is 6.07 Å². The summed E-state index contributed by atoms with van der Waals surface area (Å²) in [5.41, 5.74) is 8.00. The van der Waals surface area contributed by atoms with Gasteiger partial charge in [0.2, 0.25) is 0 Å². The molecule has 2 aromatic rings. The van der Waals surface area contributed by atoms with Crippen molar-refractivity contribution in [3.8, 4) is 5.75 Å². The summed E-state index contributed by atoms with van der Waals surface area (Å²) in [5, 5.41) is 4.37. The number of benzene rings is 1. The lowest BCUT2D eigenvalue weighted by atomic mass is 10.2. The van der Waals surface area contributed by atoms with Crippen LogP contribution in [0.15, 0.2) is 22.7 Å². The Labute approximate surface area is 125 Å². The lowest BCUT2D eigenvalue weighted by molar-refractivity contribution is 0.277. The quantitative estimate of drug-likeness (QED) is 0.908. The van der Waals surface area contributed by atoms with Gasteiger partial charge in [-0.15, -0.1) is 0 Å². The summed E-state index contributed by atoms with van der Waals surface area (Å²) >= 11 is 3.48. The highest BCUT2D eigenvalue weighted by Crippen LogP contribution is 2.24. The summed E-state index contributed by atoms with van der Waals surface area (Å²) in [7, 11) is 0. The zero-order valence-corrected chi connectivity index (χ0v) is 13.1. The van der Waals surface area contributed by atoms with E-state index in [1.54, 1.807) is 12.1 Å². The third-order valence-electron chi connectivity index (χ3n) is 3.05. The Morgan fingerprint density at radius 3 is 2.80 bits per heavy atom. The van der Waals surface area contributed by atoms with Gasteiger partial charge in [-0.2, -0.15) is 5.10 Å². The molecule has 0 atom stereocenters. The first-order valence-electron chi connectivity index (χ1n) is 6.39. The molecule has 6 heteroatoms. The van der Waals surface area contributed by atoms with E-state index in [9.17, 15) is 4.39 Å². The van der Waals surface area contributed by atoms with Gasteiger partial charge in [0.25, 0.3) is 0 Å². The number of nitrogens with two attached hydrogens (primary N) is 1. The normalized spacial score (nSPS) is 10.8. The van der Waals surface area contributed by atoms with Crippen molar-refractivity contribution in [2.45, 2.75) is 33.5 Å². The molecule has 0 saturated heterocycles. The summed E-state index contributed by atoms with van der Waals surface area (Å²) in [4.78, 5) is 0. The maximum Gasteiger partial charge on any atom is 0.165 e. The van der Waals surface area contributed by atoms with Gasteiger partial charge < -0.3 is 10.5 Å². The molecule has 0 saturated carbocycles. The van der Waals surface area contributed by atoms with E-state index in [0.29, 0.717) is 6.54 Å². The van der Waals surface area contributed by atoms with Crippen molar-refractivity contribution < 1.29 is 9.13 Å². The molecule has 0 fully saturated rings. The Morgan fingerprint density at radius 1 is 1.45 bits per heavy atom. The van der Waals surface area contributed by atoms with Crippen LogP contribution in [0.4, 0.5) is 4.39 Å². The number of hydrogen-bond acceptors (Lipinski definition) is 3. The van der Waals surface area contributed by atoms with Crippen molar-refractivity contribution in [1.29, 1.82) is 0 Å². The molecule has 0 amide bonds. The molecule has 1 heterocycles. The van der Waals surface area contributed by atoms with Crippen molar-refractivity contribution in [3.63, 3.8) is 0 Å². The number of ether oxygens (including phenoxy) is 1. The summed E-state index contributed by atoms with van der Waals surface area (Å²) in [6.07, 6.45) is 0. The molecule has 0 aliphatic rings. The zero-order chi connectivity index (χ0) is 14.7. The van der Waals surface area contributed by atoms with Crippen molar-refractivity contribution in [3.05, 3.63) is 45.4 Å². The maximum absolute atomic E-state index is 13.8. The molecule has 0 spiro atoms. The van der Waals surface area contributed by atoms with Crippen molar-refractivity contribution in [1.82, 2.24) is 9.78 Å². The van der Waals surface area contributed by atoms with E-state index < -0.39 is 5.82 Å². The lowest BCUT2D eigenvalue weighted by Gasteiger charge is -2.10. The third-order valence-corrected chi connectivity index (χ3v) is 4.08.